The third kappa shape index (κ3) is 3.62. The van der Waals surface area contributed by atoms with Crippen LogP contribution in [-0.4, -0.2) is 9.91 Å². The van der Waals surface area contributed by atoms with Crippen LogP contribution >= 0.6 is 0 Å². The topological polar surface area (TPSA) is 74.5 Å². The molecule has 0 fully saturated rings. The molecule has 3 aromatic rings. The third-order valence-corrected chi connectivity index (χ3v) is 2.96. The van der Waals surface area contributed by atoms with Gasteiger partial charge in [-0.25, -0.2) is 4.98 Å². The summed E-state index contributed by atoms with van der Waals surface area (Å²) in [7, 11) is 0. The van der Waals surface area contributed by atoms with Gasteiger partial charge in [0.1, 0.15) is 17.2 Å². The van der Waals surface area contributed by atoms with Crippen LogP contribution in [-0.2, 0) is 0 Å². The summed E-state index contributed by atoms with van der Waals surface area (Å²) >= 11 is 0. The number of rotatable bonds is 5. The van der Waals surface area contributed by atoms with Crippen LogP contribution in [0.15, 0.2) is 72.9 Å². The Bertz CT molecular complexity index is 804. The second-order valence-electron chi connectivity index (χ2n) is 4.57. The molecular formula is C17H12N2O4. The lowest BCUT2D eigenvalue weighted by Crippen LogP contribution is -1.95. The van der Waals surface area contributed by atoms with Gasteiger partial charge in [-0.3, -0.25) is 10.1 Å². The summed E-state index contributed by atoms with van der Waals surface area (Å²) in [5.74, 6) is 1.75. The zero-order valence-electron chi connectivity index (χ0n) is 12.0. The highest BCUT2D eigenvalue weighted by atomic mass is 16.6. The van der Waals surface area contributed by atoms with E-state index in [-0.39, 0.29) is 11.6 Å². The Morgan fingerprint density at radius 1 is 0.783 bits per heavy atom. The molecule has 0 radical (unpaired) electrons. The summed E-state index contributed by atoms with van der Waals surface area (Å²) in [6, 6.07) is 19.0. The zero-order chi connectivity index (χ0) is 16.1. The first kappa shape index (κ1) is 14.5. The second-order valence-corrected chi connectivity index (χ2v) is 4.57. The Labute approximate surface area is 132 Å². The third-order valence-electron chi connectivity index (χ3n) is 2.96. The Morgan fingerprint density at radius 3 is 2.04 bits per heavy atom. The fourth-order valence-corrected chi connectivity index (χ4v) is 1.91. The van der Waals surface area contributed by atoms with E-state index in [1.165, 1.54) is 18.3 Å². The number of aromatic nitrogens is 1. The highest BCUT2D eigenvalue weighted by molar-refractivity contribution is 5.43. The molecular weight excluding hydrogens is 296 g/mol. The van der Waals surface area contributed by atoms with Crippen LogP contribution in [0.25, 0.3) is 0 Å². The number of para-hydroxylation sites is 1. The van der Waals surface area contributed by atoms with E-state index in [0.717, 1.165) is 5.75 Å². The van der Waals surface area contributed by atoms with Gasteiger partial charge in [-0.05, 0) is 42.5 Å². The Balaban J connectivity index is 1.74. The standard InChI is InChI=1S/C17H12N2O4/c20-19(21)16-7-4-12-18-17(16)23-15-10-8-14(9-11-15)22-13-5-2-1-3-6-13/h1-12H. The van der Waals surface area contributed by atoms with E-state index in [2.05, 4.69) is 4.98 Å². The van der Waals surface area contributed by atoms with E-state index in [0.29, 0.717) is 11.5 Å². The Hall–Kier alpha value is -3.41. The average Bonchev–Trinajstić information content (AvgIpc) is 2.58. The predicted octanol–water partition coefficient (Wildman–Crippen LogP) is 4.57. The minimum atomic E-state index is -0.533. The molecule has 0 unspecified atom stereocenters. The van der Waals surface area contributed by atoms with Gasteiger partial charge in [-0.1, -0.05) is 18.2 Å². The molecule has 0 aliphatic rings. The van der Waals surface area contributed by atoms with Crippen LogP contribution in [0.2, 0.25) is 0 Å². The first-order valence-corrected chi connectivity index (χ1v) is 6.82. The van der Waals surface area contributed by atoms with Crippen molar-refractivity contribution in [1.29, 1.82) is 0 Å². The Morgan fingerprint density at radius 2 is 1.39 bits per heavy atom. The maximum absolute atomic E-state index is 10.9. The second kappa shape index (κ2) is 6.57. The van der Waals surface area contributed by atoms with E-state index < -0.39 is 4.92 Å². The van der Waals surface area contributed by atoms with E-state index in [4.69, 9.17) is 9.47 Å². The summed E-state index contributed by atoms with van der Waals surface area (Å²) < 4.78 is 11.1. The van der Waals surface area contributed by atoms with Crippen molar-refractivity contribution >= 4 is 5.69 Å². The van der Waals surface area contributed by atoms with E-state index in [1.807, 2.05) is 30.3 Å². The van der Waals surface area contributed by atoms with E-state index >= 15 is 0 Å². The first-order valence-electron chi connectivity index (χ1n) is 6.82. The summed E-state index contributed by atoms with van der Waals surface area (Å²) in [6.45, 7) is 0. The van der Waals surface area contributed by atoms with Crippen LogP contribution in [0, 0.1) is 10.1 Å². The fraction of sp³-hybridized carbons (Fsp3) is 0. The van der Waals surface area contributed by atoms with Crippen molar-refractivity contribution in [1.82, 2.24) is 4.98 Å². The molecule has 0 bridgehead atoms. The van der Waals surface area contributed by atoms with Crippen LogP contribution in [0.5, 0.6) is 23.1 Å². The SMILES string of the molecule is O=[N+]([O-])c1cccnc1Oc1ccc(Oc2ccccc2)cc1. The van der Waals surface area contributed by atoms with Crippen molar-refractivity contribution in [3.63, 3.8) is 0 Å². The average molecular weight is 308 g/mol. The van der Waals surface area contributed by atoms with Crippen molar-refractivity contribution < 1.29 is 14.4 Å². The molecule has 2 aromatic carbocycles. The van der Waals surface area contributed by atoms with Gasteiger partial charge < -0.3 is 9.47 Å². The molecule has 1 aromatic heterocycles. The first-order chi connectivity index (χ1) is 11.2. The van der Waals surface area contributed by atoms with Crippen LogP contribution in [0.4, 0.5) is 5.69 Å². The van der Waals surface area contributed by atoms with Crippen molar-refractivity contribution in [3.05, 3.63) is 83.0 Å². The summed E-state index contributed by atoms with van der Waals surface area (Å²) in [5.41, 5.74) is -0.183. The molecule has 0 N–H and O–H groups in total. The molecule has 0 saturated heterocycles. The number of hydrogen-bond acceptors (Lipinski definition) is 5. The van der Waals surface area contributed by atoms with Crippen LogP contribution in [0.3, 0.4) is 0 Å². The van der Waals surface area contributed by atoms with Gasteiger partial charge in [0.15, 0.2) is 0 Å². The van der Waals surface area contributed by atoms with Crippen molar-refractivity contribution in [2.24, 2.45) is 0 Å². The maximum Gasteiger partial charge on any atom is 0.331 e. The van der Waals surface area contributed by atoms with Crippen molar-refractivity contribution in [2.45, 2.75) is 0 Å². The molecule has 0 aliphatic heterocycles. The molecule has 114 valence electrons. The smallest absolute Gasteiger partial charge is 0.331 e. The normalized spacial score (nSPS) is 10.1. The van der Waals surface area contributed by atoms with E-state index in [9.17, 15) is 10.1 Å². The number of nitro groups is 1. The predicted molar refractivity (Wildman–Crippen MR) is 83.9 cm³/mol. The van der Waals surface area contributed by atoms with Gasteiger partial charge >= 0.3 is 5.69 Å². The van der Waals surface area contributed by atoms with Gasteiger partial charge in [-0.15, -0.1) is 0 Å². The minimum absolute atomic E-state index is 0.0470. The van der Waals surface area contributed by atoms with Gasteiger partial charge in [0.25, 0.3) is 5.88 Å². The molecule has 0 atom stereocenters. The van der Waals surface area contributed by atoms with Crippen LogP contribution in [0.1, 0.15) is 0 Å². The highest BCUT2D eigenvalue weighted by Crippen LogP contribution is 2.30. The molecule has 0 aliphatic carbocycles. The van der Waals surface area contributed by atoms with Crippen molar-refractivity contribution in [3.8, 4) is 23.1 Å². The lowest BCUT2D eigenvalue weighted by molar-refractivity contribution is -0.386. The molecule has 1 heterocycles. The largest absolute Gasteiger partial charge is 0.457 e. The summed E-state index contributed by atoms with van der Waals surface area (Å²) in [6.07, 6.45) is 1.44. The highest BCUT2D eigenvalue weighted by Gasteiger charge is 2.16. The number of ether oxygens (including phenoxy) is 2. The molecule has 6 heteroatoms. The molecule has 3 rings (SSSR count). The Kier molecular flexibility index (Phi) is 4.15. The molecule has 0 amide bonds. The number of nitrogens with zero attached hydrogens (tertiary/aromatic N) is 2. The fourth-order valence-electron chi connectivity index (χ4n) is 1.91. The molecule has 0 saturated carbocycles. The molecule has 23 heavy (non-hydrogen) atoms. The van der Waals surface area contributed by atoms with E-state index in [1.54, 1.807) is 24.3 Å². The summed E-state index contributed by atoms with van der Waals surface area (Å²) in [5, 5.41) is 10.9. The van der Waals surface area contributed by atoms with Gasteiger partial charge in [0.2, 0.25) is 0 Å². The number of hydrogen-bond donors (Lipinski definition) is 0. The van der Waals surface area contributed by atoms with Gasteiger partial charge in [0, 0.05) is 12.3 Å². The van der Waals surface area contributed by atoms with Gasteiger partial charge in [-0.2, -0.15) is 0 Å². The number of benzene rings is 2. The lowest BCUT2D eigenvalue weighted by Gasteiger charge is -2.07. The zero-order valence-corrected chi connectivity index (χ0v) is 12.0. The van der Waals surface area contributed by atoms with Crippen LogP contribution < -0.4 is 9.47 Å². The van der Waals surface area contributed by atoms with Crippen molar-refractivity contribution in [2.75, 3.05) is 0 Å². The molecule has 0 spiro atoms. The van der Waals surface area contributed by atoms with Gasteiger partial charge in [0.05, 0.1) is 4.92 Å². The summed E-state index contributed by atoms with van der Waals surface area (Å²) in [4.78, 5) is 14.3. The minimum Gasteiger partial charge on any atom is -0.457 e. The monoisotopic (exact) mass is 308 g/mol. The molecule has 6 nitrogen and oxygen atoms in total. The number of pyridine rings is 1. The maximum atomic E-state index is 10.9. The quantitative estimate of drug-likeness (QED) is 0.509. The lowest BCUT2D eigenvalue weighted by atomic mass is 10.3.